The highest BCUT2D eigenvalue weighted by atomic mass is 19.1. The van der Waals surface area contributed by atoms with Crippen molar-refractivity contribution in [2.24, 2.45) is 14.1 Å². The van der Waals surface area contributed by atoms with Gasteiger partial charge in [0.2, 0.25) is 0 Å². The molecule has 0 amide bonds. The number of rotatable bonds is 2. The number of aromatic nitrogens is 3. The fourth-order valence-electron chi connectivity index (χ4n) is 5.11. The summed E-state index contributed by atoms with van der Waals surface area (Å²) in [6.45, 7) is 4.03. The summed E-state index contributed by atoms with van der Waals surface area (Å²) >= 11 is 0. The van der Waals surface area contributed by atoms with Crippen LogP contribution in [0.4, 0.5) is 10.1 Å². The van der Waals surface area contributed by atoms with E-state index in [0.717, 1.165) is 27.1 Å². The molecule has 0 saturated heterocycles. The van der Waals surface area contributed by atoms with E-state index in [9.17, 15) is 9.59 Å². The molecule has 0 unspecified atom stereocenters. The van der Waals surface area contributed by atoms with E-state index in [1.54, 1.807) is 37.6 Å². The van der Waals surface area contributed by atoms with Gasteiger partial charge in [0.1, 0.15) is 17.6 Å². The maximum absolute atomic E-state index is 15.3. The minimum Gasteiger partial charge on any atom is -0.467 e. The van der Waals surface area contributed by atoms with Crippen LogP contribution in [0.1, 0.15) is 28.6 Å². The maximum atomic E-state index is 15.3. The van der Waals surface area contributed by atoms with E-state index in [0.29, 0.717) is 22.7 Å². The van der Waals surface area contributed by atoms with E-state index in [2.05, 4.69) is 5.32 Å². The van der Waals surface area contributed by atoms with Crippen LogP contribution in [0.2, 0.25) is 0 Å². The van der Waals surface area contributed by atoms with Crippen LogP contribution < -0.4 is 16.6 Å². The Morgan fingerprint density at radius 1 is 0.971 bits per heavy atom. The Kier molecular flexibility index (Phi) is 4.45. The summed E-state index contributed by atoms with van der Waals surface area (Å²) < 4.78 is 25.5. The highest BCUT2D eigenvalue weighted by molar-refractivity contribution is 5.99. The summed E-state index contributed by atoms with van der Waals surface area (Å²) in [4.78, 5) is 26.7. The monoisotopic (exact) mass is 470 g/mol. The SMILES string of the molecule is Cc1cc2c(cc1C)-n1c(-c3ccccc3F)c3c(=O)n(C)c(=O)n(C)c3c1[C@H](c1ccco1)N2. The van der Waals surface area contributed by atoms with Crippen molar-refractivity contribution in [1.82, 2.24) is 13.7 Å². The summed E-state index contributed by atoms with van der Waals surface area (Å²) in [6, 6.07) is 13.6. The van der Waals surface area contributed by atoms with E-state index in [1.165, 1.54) is 17.7 Å². The second-order valence-corrected chi connectivity index (χ2v) is 9.02. The molecule has 1 N–H and O–H groups in total. The molecule has 8 heteroatoms. The molecule has 1 aliphatic rings. The standard InChI is InChI=1S/C27H23FN4O3/c1-14-12-18-19(13-15(14)2)32-23(16-8-5-6-9-17(16)28)21-24(30(3)27(34)31(4)26(21)33)25(32)22(29-18)20-10-7-11-35-20/h5-13,22,29H,1-4H3/t22-/m0/s1. The summed E-state index contributed by atoms with van der Waals surface area (Å²) in [5.74, 6) is 0.159. The van der Waals surface area contributed by atoms with Gasteiger partial charge in [0.15, 0.2) is 0 Å². The molecule has 1 aliphatic heterocycles. The number of benzene rings is 2. The molecule has 3 aromatic heterocycles. The molecule has 7 nitrogen and oxygen atoms in total. The van der Waals surface area contributed by atoms with Crippen LogP contribution in [0, 0.1) is 19.7 Å². The molecule has 0 saturated carbocycles. The third-order valence-electron chi connectivity index (χ3n) is 6.99. The van der Waals surface area contributed by atoms with Crippen molar-refractivity contribution in [2.45, 2.75) is 19.9 Å². The minimum absolute atomic E-state index is 0.277. The predicted molar refractivity (Wildman–Crippen MR) is 133 cm³/mol. The number of hydrogen-bond donors (Lipinski definition) is 1. The first-order chi connectivity index (χ1) is 16.8. The quantitative estimate of drug-likeness (QED) is 0.411. The molecule has 6 rings (SSSR count). The molecule has 0 aliphatic carbocycles. The van der Waals surface area contributed by atoms with E-state index < -0.39 is 23.1 Å². The Morgan fingerprint density at radius 2 is 1.71 bits per heavy atom. The zero-order valence-corrected chi connectivity index (χ0v) is 19.7. The van der Waals surface area contributed by atoms with E-state index >= 15 is 4.39 Å². The average Bonchev–Trinajstić information content (AvgIpc) is 3.49. The van der Waals surface area contributed by atoms with Crippen LogP contribution in [0.5, 0.6) is 0 Å². The first-order valence-electron chi connectivity index (χ1n) is 11.3. The lowest BCUT2D eigenvalue weighted by atomic mass is 10.0. The van der Waals surface area contributed by atoms with Gasteiger partial charge in [-0.2, -0.15) is 0 Å². The van der Waals surface area contributed by atoms with E-state index in [1.807, 2.05) is 36.6 Å². The molecule has 176 valence electrons. The number of nitrogens with zero attached hydrogens (tertiary/aromatic N) is 3. The molecule has 35 heavy (non-hydrogen) atoms. The van der Waals surface area contributed by atoms with Gasteiger partial charge in [0, 0.05) is 19.7 Å². The van der Waals surface area contributed by atoms with Crippen LogP contribution in [-0.2, 0) is 14.1 Å². The van der Waals surface area contributed by atoms with Gasteiger partial charge in [-0.3, -0.25) is 13.9 Å². The minimum atomic E-state index is -0.514. The molecule has 0 radical (unpaired) electrons. The number of fused-ring (bicyclic) bond motifs is 5. The number of anilines is 1. The average molecular weight is 471 g/mol. The molecule has 4 heterocycles. The summed E-state index contributed by atoms with van der Waals surface area (Å²) in [5.41, 5.74) is 4.56. The first-order valence-corrected chi connectivity index (χ1v) is 11.3. The molecule has 0 spiro atoms. The molecule has 5 aromatic rings. The van der Waals surface area contributed by atoms with Gasteiger partial charge in [-0.1, -0.05) is 12.1 Å². The molecule has 0 fully saturated rings. The Morgan fingerprint density at radius 3 is 2.43 bits per heavy atom. The third kappa shape index (κ3) is 2.83. The van der Waals surface area contributed by atoms with E-state index in [-0.39, 0.29) is 10.9 Å². The first kappa shape index (κ1) is 21.2. The van der Waals surface area contributed by atoms with Crippen molar-refractivity contribution in [3.8, 4) is 16.9 Å². The second-order valence-electron chi connectivity index (χ2n) is 9.02. The number of furan rings is 1. The lowest BCUT2D eigenvalue weighted by molar-refractivity contribution is 0.492. The number of hydrogen-bond acceptors (Lipinski definition) is 4. The summed E-state index contributed by atoms with van der Waals surface area (Å²) in [5, 5.41) is 3.82. The fourth-order valence-corrected chi connectivity index (χ4v) is 5.11. The predicted octanol–water partition coefficient (Wildman–Crippen LogP) is 4.56. The Hall–Kier alpha value is -4.33. The zero-order chi connectivity index (χ0) is 24.6. The van der Waals surface area contributed by atoms with Gasteiger partial charge in [0.05, 0.1) is 39.9 Å². The smallest absolute Gasteiger partial charge is 0.331 e. The topological polar surface area (TPSA) is 74.1 Å². The highest BCUT2D eigenvalue weighted by Gasteiger charge is 2.36. The van der Waals surface area contributed by atoms with Gasteiger partial charge in [-0.05, 0) is 61.4 Å². The summed E-state index contributed by atoms with van der Waals surface area (Å²) in [6.07, 6.45) is 1.58. The van der Waals surface area contributed by atoms with Crippen molar-refractivity contribution in [3.05, 3.63) is 104 Å². The number of aryl methyl sites for hydroxylation is 3. The molecular formula is C27H23FN4O3. The fraction of sp³-hybridized carbons (Fsp3) is 0.185. The van der Waals surface area contributed by atoms with Gasteiger partial charge >= 0.3 is 5.69 Å². The Bertz CT molecular complexity index is 1770. The van der Waals surface area contributed by atoms with Crippen molar-refractivity contribution in [2.75, 3.05) is 5.32 Å². The Balaban J connectivity index is 1.92. The van der Waals surface area contributed by atoms with Gasteiger partial charge < -0.3 is 14.3 Å². The van der Waals surface area contributed by atoms with Crippen molar-refractivity contribution >= 4 is 16.6 Å². The lowest BCUT2D eigenvalue weighted by Gasteiger charge is -2.30. The molecular weight excluding hydrogens is 447 g/mol. The van der Waals surface area contributed by atoms with Gasteiger partial charge in [0.25, 0.3) is 5.56 Å². The second kappa shape index (κ2) is 7.33. The van der Waals surface area contributed by atoms with Gasteiger partial charge in [-0.15, -0.1) is 0 Å². The third-order valence-corrected chi connectivity index (χ3v) is 6.99. The van der Waals surface area contributed by atoms with Crippen LogP contribution in [0.15, 0.2) is 68.8 Å². The number of halogens is 1. The van der Waals surface area contributed by atoms with E-state index in [4.69, 9.17) is 4.42 Å². The molecule has 1 atom stereocenters. The van der Waals surface area contributed by atoms with Crippen LogP contribution in [0.25, 0.3) is 27.8 Å². The van der Waals surface area contributed by atoms with Crippen LogP contribution in [0.3, 0.4) is 0 Å². The largest absolute Gasteiger partial charge is 0.467 e. The van der Waals surface area contributed by atoms with Crippen LogP contribution >= 0.6 is 0 Å². The lowest BCUT2D eigenvalue weighted by Crippen LogP contribution is -2.37. The van der Waals surface area contributed by atoms with Gasteiger partial charge in [-0.25, -0.2) is 9.18 Å². The number of nitrogens with one attached hydrogen (secondary N) is 1. The maximum Gasteiger partial charge on any atom is 0.331 e. The highest BCUT2D eigenvalue weighted by Crippen LogP contribution is 2.46. The van der Waals surface area contributed by atoms with Crippen molar-refractivity contribution < 1.29 is 8.81 Å². The van der Waals surface area contributed by atoms with Crippen molar-refractivity contribution in [1.29, 1.82) is 0 Å². The molecule has 2 aromatic carbocycles. The summed E-state index contributed by atoms with van der Waals surface area (Å²) in [7, 11) is 3.07. The zero-order valence-electron chi connectivity index (χ0n) is 19.7. The molecule has 0 bridgehead atoms. The van der Waals surface area contributed by atoms with Crippen LogP contribution in [-0.4, -0.2) is 13.7 Å². The normalized spacial score (nSPS) is 14.6. The Labute approximate surface area is 199 Å². The van der Waals surface area contributed by atoms with Crippen molar-refractivity contribution in [3.63, 3.8) is 0 Å².